The molecule has 3 rings (SSSR count). The van der Waals surface area contributed by atoms with E-state index < -0.39 is 0 Å². The number of likely N-dealkylation sites (tertiary alicyclic amines) is 1. The van der Waals surface area contributed by atoms with E-state index in [1.807, 2.05) is 7.05 Å². The number of hydrogen-bond donors (Lipinski definition) is 2. The SMILES string of the molecule is CN=C(NCC(C)CN1CCOCC1)NCC1CCCN1Cc1ccccc1. The van der Waals surface area contributed by atoms with Crippen molar-refractivity contribution in [3.63, 3.8) is 0 Å². The molecule has 2 fully saturated rings. The molecule has 2 unspecified atom stereocenters. The average Bonchev–Trinajstić information content (AvgIpc) is 3.16. The third-order valence-electron chi connectivity index (χ3n) is 5.75. The molecule has 2 saturated heterocycles. The normalized spacial score (nSPS) is 22.9. The Hall–Kier alpha value is -1.63. The second-order valence-electron chi connectivity index (χ2n) is 8.10. The predicted octanol–water partition coefficient (Wildman–Crippen LogP) is 1.78. The molecule has 28 heavy (non-hydrogen) atoms. The zero-order valence-electron chi connectivity index (χ0n) is 17.6. The number of hydrogen-bond acceptors (Lipinski definition) is 4. The highest BCUT2D eigenvalue weighted by Crippen LogP contribution is 2.19. The van der Waals surface area contributed by atoms with E-state index in [9.17, 15) is 0 Å². The van der Waals surface area contributed by atoms with E-state index in [0.717, 1.165) is 58.4 Å². The van der Waals surface area contributed by atoms with Gasteiger partial charge in [0.2, 0.25) is 0 Å². The first-order valence-corrected chi connectivity index (χ1v) is 10.8. The summed E-state index contributed by atoms with van der Waals surface area (Å²) in [6.07, 6.45) is 2.53. The summed E-state index contributed by atoms with van der Waals surface area (Å²) < 4.78 is 5.43. The lowest BCUT2D eigenvalue weighted by Gasteiger charge is -2.29. The van der Waals surface area contributed by atoms with Crippen LogP contribution in [-0.2, 0) is 11.3 Å². The summed E-state index contributed by atoms with van der Waals surface area (Å²) in [5.74, 6) is 1.50. The summed E-state index contributed by atoms with van der Waals surface area (Å²) in [7, 11) is 1.86. The number of ether oxygens (including phenoxy) is 1. The Labute approximate surface area is 170 Å². The first-order valence-electron chi connectivity index (χ1n) is 10.8. The molecule has 156 valence electrons. The summed E-state index contributed by atoms with van der Waals surface area (Å²) in [5.41, 5.74) is 1.40. The maximum Gasteiger partial charge on any atom is 0.191 e. The van der Waals surface area contributed by atoms with Gasteiger partial charge in [-0.15, -0.1) is 0 Å². The van der Waals surface area contributed by atoms with Crippen LogP contribution in [0.25, 0.3) is 0 Å². The molecular weight excluding hydrogens is 350 g/mol. The first kappa shape index (κ1) is 21.1. The van der Waals surface area contributed by atoms with Gasteiger partial charge in [-0.25, -0.2) is 0 Å². The predicted molar refractivity (Wildman–Crippen MR) is 116 cm³/mol. The van der Waals surface area contributed by atoms with Crippen LogP contribution in [0, 0.1) is 5.92 Å². The van der Waals surface area contributed by atoms with Crippen molar-refractivity contribution < 1.29 is 4.74 Å². The third-order valence-corrected chi connectivity index (χ3v) is 5.75. The summed E-state index contributed by atoms with van der Waals surface area (Å²) >= 11 is 0. The first-order chi connectivity index (χ1) is 13.7. The second-order valence-corrected chi connectivity index (χ2v) is 8.10. The van der Waals surface area contributed by atoms with Gasteiger partial charge in [0.15, 0.2) is 5.96 Å². The molecule has 1 aromatic carbocycles. The average molecular weight is 388 g/mol. The molecule has 0 saturated carbocycles. The Bertz CT molecular complexity index is 588. The molecule has 0 radical (unpaired) electrons. The Balaban J connectivity index is 1.38. The van der Waals surface area contributed by atoms with E-state index in [1.54, 1.807) is 0 Å². The van der Waals surface area contributed by atoms with Gasteiger partial charge in [0.1, 0.15) is 0 Å². The van der Waals surface area contributed by atoms with Crippen LogP contribution in [0.5, 0.6) is 0 Å². The van der Waals surface area contributed by atoms with Crippen molar-refractivity contribution in [1.82, 2.24) is 20.4 Å². The van der Waals surface area contributed by atoms with Gasteiger partial charge < -0.3 is 15.4 Å². The molecule has 0 amide bonds. The van der Waals surface area contributed by atoms with Crippen molar-refractivity contribution >= 4 is 5.96 Å². The largest absolute Gasteiger partial charge is 0.379 e. The fourth-order valence-corrected chi connectivity index (χ4v) is 4.15. The standard InChI is InChI=1S/C22H37N5O/c1-19(17-26-11-13-28-14-12-26)15-24-22(23-2)25-16-21-9-6-10-27(21)18-20-7-4-3-5-8-20/h3-5,7-8,19,21H,6,9-18H2,1-2H3,(H2,23,24,25). The van der Waals surface area contributed by atoms with E-state index in [4.69, 9.17) is 4.74 Å². The quantitative estimate of drug-likeness (QED) is 0.526. The van der Waals surface area contributed by atoms with Crippen LogP contribution in [0.15, 0.2) is 35.3 Å². The van der Waals surface area contributed by atoms with Gasteiger partial charge >= 0.3 is 0 Å². The van der Waals surface area contributed by atoms with Crippen LogP contribution < -0.4 is 10.6 Å². The lowest BCUT2D eigenvalue weighted by atomic mass is 10.1. The number of nitrogens with one attached hydrogen (secondary N) is 2. The van der Waals surface area contributed by atoms with Crippen LogP contribution in [0.2, 0.25) is 0 Å². The Morgan fingerprint density at radius 2 is 1.96 bits per heavy atom. The summed E-state index contributed by atoms with van der Waals surface area (Å²) in [5, 5.41) is 7.06. The lowest BCUT2D eigenvalue weighted by Crippen LogP contribution is -2.47. The maximum absolute atomic E-state index is 5.43. The minimum absolute atomic E-state index is 0.574. The number of morpholine rings is 1. The van der Waals surface area contributed by atoms with Crippen LogP contribution in [0.1, 0.15) is 25.3 Å². The van der Waals surface area contributed by atoms with Crippen LogP contribution in [0.4, 0.5) is 0 Å². The van der Waals surface area contributed by atoms with E-state index in [1.165, 1.54) is 24.9 Å². The number of rotatable bonds is 8. The van der Waals surface area contributed by atoms with Gasteiger partial charge in [-0.3, -0.25) is 14.8 Å². The third kappa shape index (κ3) is 6.76. The molecule has 6 nitrogen and oxygen atoms in total. The van der Waals surface area contributed by atoms with Crippen molar-refractivity contribution in [2.75, 3.05) is 59.5 Å². The Kier molecular flexibility index (Phi) is 8.58. The lowest BCUT2D eigenvalue weighted by molar-refractivity contribution is 0.0320. The number of benzene rings is 1. The van der Waals surface area contributed by atoms with Crippen molar-refractivity contribution in [2.24, 2.45) is 10.9 Å². The molecule has 2 N–H and O–H groups in total. The number of aliphatic imine (C=N–C) groups is 1. The monoisotopic (exact) mass is 387 g/mol. The van der Waals surface area contributed by atoms with Gasteiger partial charge in [0.05, 0.1) is 13.2 Å². The molecule has 0 bridgehead atoms. The molecule has 2 heterocycles. The van der Waals surface area contributed by atoms with Gasteiger partial charge in [0.25, 0.3) is 0 Å². The van der Waals surface area contributed by atoms with Gasteiger partial charge in [-0.1, -0.05) is 37.3 Å². The van der Waals surface area contributed by atoms with Crippen LogP contribution in [0.3, 0.4) is 0 Å². The number of guanidine groups is 1. The van der Waals surface area contributed by atoms with Gasteiger partial charge in [0, 0.05) is 52.4 Å². The molecule has 1 aromatic rings. The van der Waals surface area contributed by atoms with Gasteiger partial charge in [-0.2, -0.15) is 0 Å². The molecule has 2 atom stereocenters. The van der Waals surface area contributed by atoms with E-state index in [2.05, 4.69) is 62.7 Å². The van der Waals surface area contributed by atoms with E-state index in [-0.39, 0.29) is 0 Å². The minimum atomic E-state index is 0.574. The Morgan fingerprint density at radius 1 is 1.18 bits per heavy atom. The second kappa shape index (κ2) is 11.4. The van der Waals surface area contributed by atoms with Crippen LogP contribution in [-0.4, -0.2) is 81.3 Å². The summed E-state index contributed by atoms with van der Waals surface area (Å²) in [6.45, 7) is 11.4. The smallest absolute Gasteiger partial charge is 0.191 e. The zero-order chi connectivity index (χ0) is 19.6. The molecule has 0 aliphatic carbocycles. The van der Waals surface area contributed by atoms with Crippen molar-refractivity contribution in [3.8, 4) is 0 Å². The van der Waals surface area contributed by atoms with E-state index in [0.29, 0.717) is 12.0 Å². The minimum Gasteiger partial charge on any atom is -0.379 e. The molecule has 0 aromatic heterocycles. The van der Waals surface area contributed by atoms with Crippen molar-refractivity contribution in [1.29, 1.82) is 0 Å². The summed E-state index contributed by atoms with van der Waals surface area (Å²) in [6, 6.07) is 11.4. The molecule has 0 spiro atoms. The molecule has 2 aliphatic rings. The van der Waals surface area contributed by atoms with Crippen molar-refractivity contribution in [3.05, 3.63) is 35.9 Å². The fraction of sp³-hybridized carbons (Fsp3) is 0.682. The van der Waals surface area contributed by atoms with Crippen molar-refractivity contribution in [2.45, 2.75) is 32.4 Å². The highest BCUT2D eigenvalue weighted by molar-refractivity contribution is 5.79. The van der Waals surface area contributed by atoms with Gasteiger partial charge in [-0.05, 0) is 30.9 Å². The topological polar surface area (TPSA) is 52.1 Å². The number of nitrogens with zero attached hydrogens (tertiary/aromatic N) is 3. The zero-order valence-corrected chi connectivity index (χ0v) is 17.6. The van der Waals surface area contributed by atoms with E-state index >= 15 is 0 Å². The highest BCUT2D eigenvalue weighted by Gasteiger charge is 2.24. The fourth-order valence-electron chi connectivity index (χ4n) is 4.15. The molecular formula is C22H37N5O. The van der Waals surface area contributed by atoms with Crippen LogP contribution >= 0.6 is 0 Å². The maximum atomic E-state index is 5.43. The molecule has 6 heteroatoms. The highest BCUT2D eigenvalue weighted by atomic mass is 16.5. The Morgan fingerprint density at radius 3 is 2.71 bits per heavy atom. The summed E-state index contributed by atoms with van der Waals surface area (Å²) in [4.78, 5) is 9.51. The molecule has 2 aliphatic heterocycles.